The van der Waals surface area contributed by atoms with Crippen molar-refractivity contribution in [3.63, 3.8) is 0 Å². The Balaban J connectivity index is 2.48. The minimum absolute atomic E-state index is 0.225. The second-order valence-electron chi connectivity index (χ2n) is 4.28. The van der Waals surface area contributed by atoms with E-state index in [1.807, 2.05) is 20.8 Å². The summed E-state index contributed by atoms with van der Waals surface area (Å²) < 4.78 is 13.4. The molecule has 0 bridgehead atoms. The van der Waals surface area contributed by atoms with Gasteiger partial charge in [-0.05, 0) is 54.4 Å². The van der Waals surface area contributed by atoms with Gasteiger partial charge in [-0.3, -0.25) is 4.84 Å². The summed E-state index contributed by atoms with van der Waals surface area (Å²) in [6.45, 7) is 6.43. The number of halogens is 2. The van der Waals surface area contributed by atoms with Crippen LogP contribution in [0.5, 0.6) is 0 Å². The largest absolute Gasteiger partial charge is 0.296 e. The van der Waals surface area contributed by atoms with Crippen LogP contribution in [-0.2, 0) is 11.4 Å². The number of hydrogen-bond donors (Lipinski definition) is 1. The lowest BCUT2D eigenvalue weighted by Gasteiger charge is -2.19. The van der Waals surface area contributed by atoms with Crippen LogP contribution in [0.1, 0.15) is 26.3 Å². The van der Waals surface area contributed by atoms with Gasteiger partial charge in [-0.1, -0.05) is 6.07 Å². The third-order valence-corrected chi connectivity index (χ3v) is 2.25. The zero-order valence-corrected chi connectivity index (χ0v) is 10.7. The quantitative estimate of drug-likeness (QED) is 0.854. The molecule has 0 aromatic heterocycles. The van der Waals surface area contributed by atoms with Crippen molar-refractivity contribution in [2.45, 2.75) is 32.9 Å². The van der Waals surface area contributed by atoms with Crippen LogP contribution in [0, 0.1) is 5.82 Å². The molecule has 0 aliphatic carbocycles. The van der Waals surface area contributed by atoms with E-state index in [4.69, 9.17) is 4.84 Å². The minimum Gasteiger partial charge on any atom is -0.296 e. The molecule has 84 valence electrons. The van der Waals surface area contributed by atoms with E-state index in [1.54, 1.807) is 12.1 Å². The van der Waals surface area contributed by atoms with E-state index in [-0.39, 0.29) is 11.4 Å². The van der Waals surface area contributed by atoms with Gasteiger partial charge in [-0.25, -0.2) is 4.39 Å². The third-order valence-electron chi connectivity index (χ3n) is 1.64. The standard InChI is InChI=1S/C11H15BrFNO/c1-11(2,3)15-14-7-8-4-5-10(13)9(12)6-8/h4-6,14H,7H2,1-3H3. The number of rotatable bonds is 3. The highest BCUT2D eigenvalue weighted by Crippen LogP contribution is 2.16. The van der Waals surface area contributed by atoms with Gasteiger partial charge in [0.05, 0.1) is 10.1 Å². The SMILES string of the molecule is CC(C)(C)ONCc1ccc(F)c(Br)c1. The van der Waals surface area contributed by atoms with Gasteiger partial charge >= 0.3 is 0 Å². The van der Waals surface area contributed by atoms with Crippen LogP contribution in [0.2, 0.25) is 0 Å². The first-order chi connectivity index (χ1) is 6.88. The Kier molecular flexibility index (Phi) is 4.25. The molecule has 0 unspecified atom stereocenters. The van der Waals surface area contributed by atoms with Crippen LogP contribution in [0.25, 0.3) is 0 Å². The lowest BCUT2D eigenvalue weighted by Crippen LogP contribution is -2.28. The third kappa shape index (κ3) is 4.73. The van der Waals surface area contributed by atoms with Gasteiger partial charge in [0.25, 0.3) is 0 Å². The summed E-state index contributed by atoms with van der Waals surface area (Å²) in [5, 5.41) is 0. The Morgan fingerprint density at radius 3 is 2.60 bits per heavy atom. The molecule has 4 heteroatoms. The highest BCUT2D eigenvalue weighted by molar-refractivity contribution is 9.10. The lowest BCUT2D eigenvalue weighted by atomic mass is 10.2. The number of benzene rings is 1. The molecule has 1 aromatic carbocycles. The molecule has 1 rings (SSSR count). The Labute approximate surface area is 97.9 Å². The number of nitrogens with one attached hydrogen (secondary N) is 1. The predicted molar refractivity (Wildman–Crippen MR) is 61.8 cm³/mol. The molecule has 0 atom stereocenters. The molecule has 0 heterocycles. The first-order valence-corrected chi connectivity index (χ1v) is 5.52. The molecule has 0 radical (unpaired) electrons. The summed E-state index contributed by atoms with van der Waals surface area (Å²) >= 11 is 3.13. The zero-order chi connectivity index (χ0) is 11.5. The average molecular weight is 276 g/mol. The number of hydroxylamine groups is 1. The summed E-state index contributed by atoms with van der Waals surface area (Å²) in [5.41, 5.74) is 3.59. The summed E-state index contributed by atoms with van der Waals surface area (Å²) in [6.07, 6.45) is 0. The van der Waals surface area contributed by atoms with Crippen LogP contribution in [0.4, 0.5) is 4.39 Å². The van der Waals surface area contributed by atoms with Crippen LogP contribution in [-0.4, -0.2) is 5.60 Å². The second kappa shape index (κ2) is 5.05. The molecule has 2 nitrogen and oxygen atoms in total. The van der Waals surface area contributed by atoms with Crippen LogP contribution >= 0.6 is 15.9 Å². The molecule has 0 saturated heterocycles. The van der Waals surface area contributed by atoms with Gasteiger partial charge in [0.1, 0.15) is 5.82 Å². The fourth-order valence-corrected chi connectivity index (χ4v) is 1.41. The van der Waals surface area contributed by atoms with Gasteiger partial charge in [0.15, 0.2) is 0 Å². The Morgan fingerprint density at radius 1 is 1.40 bits per heavy atom. The van der Waals surface area contributed by atoms with E-state index in [9.17, 15) is 4.39 Å². The van der Waals surface area contributed by atoms with E-state index in [1.165, 1.54) is 6.07 Å². The highest BCUT2D eigenvalue weighted by Gasteiger charge is 2.09. The van der Waals surface area contributed by atoms with Gasteiger partial charge in [0, 0.05) is 6.54 Å². The summed E-state index contributed by atoms with van der Waals surface area (Å²) in [5.74, 6) is -0.254. The molecule has 1 aromatic rings. The van der Waals surface area contributed by atoms with Crippen LogP contribution < -0.4 is 5.48 Å². The fraction of sp³-hybridized carbons (Fsp3) is 0.455. The van der Waals surface area contributed by atoms with Gasteiger partial charge in [-0.2, -0.15) is 5.48 Å². The Bertz CT molecular complexity index is 336. The second-order valence-corrected chi connectivity index (χ2v) is 5.14. The first kappa shape index (κ1) is 12.6. The summed E-state index contributed by atoms with van der Waals surface area (Å²) in [4.78, 5) is 5.34. The van der Waals surface area contributed by atoms with E-state index >= 15 is 0 Å². The van der Waals surface area contributed by atoms with Crippen molar-refractivity contribution in [3.8, 4) is 0 Å². The molecule has 1 N–H and O–H groups in total. The molecule has 0 aliphatic heterocycles. The molecule has 0 fully saturated rings. The Morgan fingerprint density at radius 2 is 2.07 bits per heavy atom. The van der Waals surface area contributed by atoms with E-state index in [0.717, 1.165) is 5.56 Å². The summed E-state index contributed by atoms with van der Waals surface area (Å²) in [6, 6.07) is 4.88. The molecule has 0 amide bonds. The van der Waals surface area contributed by atoms with Gasteiger partial charge < -0.3 is 0 Å². The van der Waals surface area contributed by atoms with Crippen molar-refractivity contribution in [3.05, 3.63) is 34.1 Å². The maximum absolute atomic E-state index is 12.9. The smallest absolute Gasteiger partial charge is 0.137 e. The maximum atomic E-state index is 12.9. The van der Waals surface area contributed by atoms with Crippen LogP contribution in [0.3, 0.4) is 0 Å². The Hall–Kier alpha value is -0.450. The molecule has 0 aliphatic rings. The van der Waals surface area contributed by atoms with Gasteiger partial charge in [-0.15, -0.1) is 0 Å². The van der Waals surface area contributed by atoms with Crippen molar-refractivity contribution in [1.82, 2.24) is 5.48 Å². The van der Waals surface area contributed by atoms with Crippen LogP contribution in [0.15, 0.2) is 22.7 Å². The minimum atomic E-state index is -0.254. The van der Waals surface area contributed by atoms with E-state index < -0.39 is 0 Å². The number of hydrogen-bond acceptors (Lipinski definition) is 2. The molecular formula is C11H15BrFNO. The molecular weight excluding hydrogens is 261 g/mol. The molecule has 15 heavy (non-hydrogen) atoms. The topological polar surface area (TPSA) is 21.3 Å². The van der Waals surface area contributed by atoms with E-state index in [0.29, 0.717) is 11.0 Å². The van der Waals surface area contributed by atoms with Crippen molar-refractivity contribution in [2.75, 3.05) is 0 Å². The molecule has 0 spiro atoms. The van der Waals surface area contributed by atoms with Crippen molar-refractivity contribution < 1.29 is 9.23 Å². The average Bonchev–Trinajstić information content (AvgIpc) is 2.09. The van der Waals surface area contributed by atoms with Crippen molar-refractivity contribution in [1.29, 1.82) is 0 Å². The van der Waals surface area contributed by atoms with Gasteiger partial charge in [0.2, 0.25) is 0 Å². The van der Waals surface area contributed by atoms with E-state index in [2.05, 4.69) is 21.4 Å². The lowest BCUT2D eigenvalue weighted by molar-refractivity contribution is -0.0757. The maximum Gasteiger partial charge on any atom is 0.137 e. The summed E-state index contributed by atoms with van der Waals surface area (Å²) in [7, 11) is 0. The molecule has 0 saturated carbocycles. The predicted octanol–water partition coefficient (Wildman–Crippen LogP) is 3.41. The van der Waals surface area contributed by atoms with Crippen molar-refractivity contribution >= 4 is 15.9 Å². The highest BCUT2D eigenvalue weighted by atomic mass is 79.9. The zero-order valence-electron chi connectivity index (χ0n) is 9.10. The first-order valence-electron chi connectivity index (χ1n) is 4.73. The fourth-order valence-electron chi connectivity index (χ4n) is 0.986. The normalized spacial score (nSPS) is 11.8. The van der Waals surface area contributed by atoms with Crippen molar-refractivity contribution in [2.24, 2.45) is 0 Å². The monoisotopic (exact) mass is 275 g/mol.